The first-order chi connectivity index (χ1) is 13.3. The average molecular weight is 405 g/mol. The molecule has 148 valence electrons. The van der Waals surface area contributed by atoms with Gasteiger partial charge in [0.2, 0.25) is 5.82 Å². The summed E-state index contributed by atoms with van der Waals surface area (Å²) in [7, 11) is 5.04. The molecule has 1 aromatic heterocycles. The largest absolute Gasteiger partial charge is 0.382 e. The highest BCUT2D eigenvalue weighted by Crippen LogP contribution is 2.37. The molecule has 1 heterocycles. The first-order valence-corrected chi connectivity index (χ1v) is 9.28. The van der Waals surface area contributed by atoms with Crippen LogP contribution in [-0.2, 0) is 10.4 Å². The lowest BCUT2D eigenvalue weighted by molar-refractivity contribution is 0.104. The minimum atomic E-state index is -2.95. The molecule has 2 aromatic carbocycles. The van der Waals surface area contributed by atoms with Crippen molar-refractivity contribution in [2.45, 2.75) is 18.6 Å². The molecule has 0 bridgehead atoms. The number of nitrogens with zero attached hydrogens (tertiary/aromatic N) is 5. The number of benzene rings is 2. The van der Waals surface area contributed by atoms with Crippen molar-refractivity contribution in [3.8, 4) is 11.4 Å². The van der Waals surface area contributed by atoms with Crippen LogP contribution >= 0.6 is 9.24 Å². The lowest BCUT2D eigenvalue weighted by Crippen LogP contribution is -2.14. The molecule has 28 heavy (non-hydrogen) atoms. The molecule has 3 aromatic rings. The van der Waals surface area contributed by atoms with Crippen molar-refractivity contribution in [2.24, 2.45) is 0 Å². The van der Waals surface area contributed by atoms with E-state index in [0.717, 1.165) is 16.9 Å². The number of methoxy groups -OCH3 is 1. The number of halogens is 2. The van der Waals surface area contributed by atoms with Crippen LogP contribution in [-0.4, -0.2) is 41.0 Å². The maximum Gasteiger partial charge on any atom is 0.283 e. The predicted molar refractivity (Wildman–Crippen MR) is 108 cm³/mol. The number of aromatic nitrogens is 4. The van der Waals surface area contributed by atoms with Gasteiger partial charge in [0, 0.05) is 31.0 Å². The van der Waals surface area contributed by atoms with Crippen molar-refractivity contribution in [1.82, 2.24) is 20.2 Å². The van der Waals surface area contributed by atoms with Gasteiger partial charge < -0.3 is 9.64 Å². The molecular formula is C19H22F2N5OP. The van der Waals surface area contributed by atoms with Crippen molar-refractivity contribution in [3.05, 3.63) is 54.1 Å². The summed E-state index contributed by atoms with van der Waals surface area (Å²) in [6, 6.07) is 13.7. The van der Waals surface area contributed by atoms with Crippen LogP contribution in [0.2, 0.25) is 0 Å². The molecule has 6 nitrogen and oxygen atoms in total. The lowest BCUT2D eigenvalue weighted by Gasteiger charge is -2.22. The Morgan fingerprint density at radius 2 is 1.86 bits per heavy atom. The van der Waals surface area contributed by atoms with E-state index in [2.05, 4.69) is 15.4 Å². The van der Waals surface area contributed by atoms with Crippen LogP contribution in [0.25, 0.3) is 11.4 Å². The van der Waals surface area contributed by atoms with Gasteiger partial charge in [0.1, 0.15) is 0 Å². The van der Waals surface area contributed by atoms with Gasteiger partial charge in [-0.15, -0.1) is 10.2 Å². The molecule has 9 heteroatoms. The number of anilines is 2. The van der Waals surface area contributed by atoms with Crippen LogP contribution in [0, 0.1) is 0 Å². The fraction of sp³-hybridized carbons (Fsp3) is 0.316. The fourth-order valence-electron chi connectivity index (χ4n) is 2.83. The molecule has 0 spiro atoms. The number of tetrazole rings is 1. The third-order valence-corrected chi connectivity index (χ3v) is 4.71. The van der Waals surface area contributed by atoms with Gasteiger partial charge in [0.15, 0.2) is 0 Å². The van der Waals surface area contributed by atoms with Crippen LogP contribution in [0.3, 0.4) is 0 Å². The van der Waals surface area contributed by atoms with Gasteiger partial charge in [-0.05, 0) is 36.4 Å². The first kappa shape index (κ1) is 20.3. The number of hydrogen-bond donors (Lipinski definition) is 0. The zero-order valence-electron chi connectivity index (χ0n) is 15.9. The van der Waals surface area contributed by atoms with Gasteiger partial charge >= 0.3 is 0 Å². The second-order valence-corrected chi connectivity index (χ2v) is 7.21. The summed E-state index contributed by atoms with van der Waals surface area (Å²) >= 11 is 0. The Morgan fingerprint density at radius 3 is 2.50 bits per heavy atom. The fourth-order valence-corrected chi connectivity index (χ4v) is 3.02. The van der Waals surface area contributed by atoms with Crippen LogP contribution < -0.4 is 4.90 Å². The zero-order valence-corrected chi connectivity index (χ0v) is 17.0. The van der Waals surface area contributed by atoms with E-state index in [0.29, 0.717) is 12.4 Å². The highest BCUT2D eigenvalue weighted by atomic mass is 31.0. The number of alkyl halides is 2. The van der Waals surface area contributed by atoms with E-state index in [9.17, 15) is 8.78 Å². The minimum Gasteiger partial charge on any atom is -0.382 e. The van der Waals surface area contributed by atoms with Crippen LogP contribution in [0.4, 0.5) is 20.2 Å². The smallest absolute Gasteiger partial charge is 0.283 e. The number of rotatable bonds is 7. The van der Waals surface area contributed by atoms with Crippen molar-refractivity contribution < 1.29 is 13.5 Å². The molecular weight excluding hydrogens is 383 g/mol. The maximum atomic E-state index is 13.4. The first-order valence-electron chi connectivity index (χ1n) is 8.70. The molecule has 0 amide bonds. The predicted octanol–water partition coefficient (Wildman–Crippen LogP) is 4.24. The Morgan fingerprint density at radius 1 is 1.18 bits per heavy atom. The summed E-state index contributed by atoms with van der Waals surface area (Å²) in [5.74, 6) is 0.485. The Labute approximate surface area is 164 Å². The zero-order chi connectivity index (χ0) is 20.3. The van der Waals surface area contributed by atoms with Crippen LogP contribution in [0.5, 0.6) is 0 Å². The van der Waals surface area contributed by atoms with Gasteiger partial charge in [-0.2, -0.15) is 13.6 Å². The monoisotopic (exact) mass is 405 g/mol. The van der Waals surface area contributed by atoms with Gasteiger partial charge in [-0.3, -0.25) is 0 Å². The number of ether oxygens (including phenoxy) is 1. The minimum absolute atomic E-state index is 0.0442. The summed E-state index contributed by atoms with van der Waals surface area (Å²) in [5.41, 5.74) is -0.602. The second kappa shape index (κ2) is 8.29. The summed E-state index contributed by atoms with van der Waals surface area (Å²) in [5, 5.41) is 12.8. The molecule has 2 atom stereocenters. The molecule has 0 saturated carbocycles. The van der Waals surface area contributed by atoms with Crippen LogP contribution in [0.15, 0.2) is 48.5 Å². The molecule has 0 aliphatic rings. The maximum absolute atomic E-state index is 13.4. The van der Waals surface area contributed by atoms with E-state index >= 15 is 0 Å². The summed E-state index contributed by atoms with van der Waals surface area (Å²) in [6.45, 7) is 2.42. The Balaban J connectivity index is 1.92. The topological polar surface area (TPSA) is 56.1 Å². The SMILES string of the molecule is COCC(C)n1nnc(-c2ccccc2N(C)c2ccc(C(F)(F)P)cc2)n1. The van der Waals surface area contributed by atoms with Gasteiger partial charge in [-0.25, -0.2) is 0 Å². The molecule has 0 saturated heterocycles. The van der Waals surface area contributed by atoms with E-state index in [-0.39, 0.29) is 11.6 Å². The van der Waals surface area contributed by atoms with Crippen molar-refractivity contribution in [2.75, 3.05) is 25.7 Å². The van der Waals surface area contributed by atoms with Crippen molar-refractivity contribution in [3.63, 3.8) is 0 Å². The van der Waals surface area contributed by atoms with E-state index < -0.39 is 5.66 Å². The Hall–Kier alpha value is -2.44. The van der Waals surface area contributed by atoms with Crippen LogP contribution in [0.1, 0.15) is 18.5 Å². The summed E-state index contributed by atoms with van der Waals surface area (Å²) in [6.07, 6.45) is 0. The van der Waals surface area contributed by atoms with Crippen molar-refractivity contribution >= 4 is 20.6 Å². The summed E-state index contributed by atoms with van der Waals surface area (Å²) < 4.78 is 32.0. The summed E-state index contributed by atoms with van der Waals surface area (Å²) in [4.78, 5) is 3.42. The van der Waals surface area contributed by atoms with E-state index in [4.69, 9.17) is 4.74 Å². The molecule has 3 rings (SSSR count). The third kappa shape index (κ3) is 4.34. The second-order valence-electron chi connectivity index (χ2n) is 6.48. The highest BCUT2D eigenvalue weighted by Gasteiger charge is 2.24. The Kier molecular flexibility index (Phi) is 6.01. The lowest BCUT2D eigenvalue weighted by atomic mass is 10.1. The third-order valence-electron chi connectivity index (χ3n) is 4.38. The van der Waals surface area contributed by atoms with Gasteiger partial charge in [0.05, 0.1) is 18.3 Å². The highest BCUT2D eigenvalue weighted by molar-refractivity contribution is 7.17. The Bertz CT molecular complexity index is 927. The normalized spacial score (nSPS) is 12.8. The van der Waals surface area contributed by atoms with Gasteiger partial charge in [-0.1, -0.05) is 33.5 Å². The number of para-hydroxylation sites is 1. The van der Waals surface area contributed by atoms with E-state index in [1.54, 1.807) is 28.5 Å². The van der Waals surface area contributed by atoms with E-state index in [1.165, 1.54) is 16.9 Å². The number of hydrogen-bond acceptors (Lipinski definition) is 5. The van der Waals surface area contributed by atoms with E-state index in [1.807, 2.05) is 43.1 Å². The molecule has 0 radical (unpaired) electrons. The molecule has 0 N–H and O–H groups in total. The molecule has 2 unspecified atom stereocenters. The molecule has 0 aliphatic heterocycles. The average Bonchev–Trinajstić information content (AvgIpc) is 3.17. The molecule has 0 fully saturated rings. The van der Waals surface area contributed by atoms with Gasteiger partial charge in [0.25, 0.3) is 5.66 Å². The molecule has 0 aliphatic carbocycles. The quantitative estimate of drug-likeness (QED) is 0.551. The van der Waals surface area contributed by atoms with Crippen molar-refractivity contribution in [1.29, 1.82) is 0 Å². The standard InChI is InChI=1S/C19H22F2N5OP/c1-13(12-27-3)26-23-18(22-24-26)16-6-4-5-7-17(16)25(2)15-10-8-14(9-11-15)19(20,21)28/h4-11,13H,12,28H2,1-3H3.